The maximum atomic E-state index is 11.9. The molecule has 1 aromatic heterocycles. The molecule has 0 fully saturated rings. The molecule has 0 bridgehead atoms. The van der Waals surface area contributed by atoms with E-state index in [9.17, 15) is 17.2 Å². The van der Waals surface area contributed by atoms with Crippen molar-refractivity contribution in [2.75, 3.05) is 6.26 Å². The van der Waals surface area contributed by atoms with Gasteiger partial charge in [0.15, 0.2) is 9.84 Å². The summed E-state index contributed by atoms with van der Waals surface area (Å²) in [4.78, 5) is 3.58. The normalized spacial score (nSPS) is 11.7. The summed E-state index contributed by atoms with van der Waals surface area (Å²) in [5.41, 5.74) is 0.174. The predicted molar refractivity (Wildman–Crippen MR) is 49.4 cm³/mol. The number of sulfone groups is 1. The summed E-state index contributed by atoms with van der Waals surface area (Å²) in [5.74, 6) is -0.560. The lowest BCUT2D eigenvalue weighted by Gasteiger charge is -2.08. The van der Waals surface area contributed by atoms with Crippen molar-refractivity contribution >= 4 is 9.84 Å². The van der Waals surface area contributed by atoms with Gasteiger partial charge in [-0.05, 0) is 6.07 Å². The average Bonchev–Trinajstić information content (AvgIpc) is 2.05. The minimum absolute atomic E-state index is 0.174. The zero-order valence-corrected chi connectivity index (χ0v) is 8.67. The number of hydrogen-bond donors (Lipinski definition) is 0. The SMILES string of the molecule is CS(=O)(=O)Cc1ccncc1OC(F)F. The third-order valence-corrected chi connectivity index (χ3v) is 2.34. The van der Waals surface area contributed by atoms with E-state index in [1.165, 1.54) is 12.3 Å². The second-order valence-electron chi connectivity index (χ2n) is 2.93. The summed E-state index contributed by atoms with van der Waals surface area (Å²) in [6.07, 6.45) is 3.39. The summed E-state index contributed by atoms with van der Waals surface area (Å²) in [6.45, 7) is -2.99. The molecular formula is C8H9F2NO3S. The Hall–Kier alpha value is -1.24. The van der Waals surface area contributed by atoms with Crippen molar-refractivity contribution in [3.8, 4) is 5.75 Å². The molecule has 0 aliphatic carbocycles. The van der Waals surface area contributed by atoms with Crippen LogP contribution in [0.3, 0.4) is 0 Å². The Morgan fingerprint density at radius 2 is 2.20 bits per heavy atom. The maximum Gasteiger partial charge on any atom is 0.387 e. The van der Waals surface area contributed by atoms with Crippen LogP contribution in [0.2, 0.25) is 0 Å². The molecule has 7 heteroatoms. The van der Waals surface area contributed by atoms with Crippen molar-refractivity contribution in [3.05, 3.63) is 24.0 Å². The summed E-state index contributed by atoms with van der Waals surface area (Å²) in [6, 6.07) is 1.33. The molecule has 0 saturated heterocycles. The number of nitrogens with zero attached hydrogens (tertiary/aromatic N) is 1. The van der Waals surface area contributed by atoms with Crippen molar-refractivity contribution < 1.29 is 21.9 Å². The monoisotopic (exact) mass is 237 g/mol. The van der Waals surface area contributed by atoms with Crippen molar-refractivity contribution in [1.82, 2.24) is 4.98 Å². The molecule has 0 radical (unpaired) electrons. The van der Waals surface area contributed by atoms with Gasteiger partial charge in [-0.2, -0.15) is 8.78 Å². The van der Waals surface area contributed by atoms with Crippen molar-refractivity contribution in [2.45, 2.75) is 12.4 Å². The number of aromatic nitrogens is 1. The van der Waals surface area contributed by atoms with Crippen LogP contribution in [-0.4, -0.2) is 26.3 Å². The van der Waals surface area contributed by atoms with Crippen molar-refractivity contribution in [3.63, 3.8) is 0 Å². The van der Waals surface area contributed by atoms with Crippen LogP contribution in [0.4, 0.5) is 8.78 Å². The van der Waals surface area contributed by atoms with Gasteiger partial charge in [-0.3, -0.25) is 4.98 Å². The van der Waals surface area contributed by atoms with E-state index < -0.39 is 16.4 Å². The molecule has 0 saturated carbocycles. The van der Waals surface area contributed by atoms with E-state index in [0.717, 1.165) is 12.5 Å². The molecule has 0 aliphatic rings. The zero-order valence-electron chi connectivity index (χ0n) is 7.85. The van der Waals surface area contributed by atoms with Crippen LogP contribution >= 0.6 is 0 Å². The second-order valence-corrected chi connectivity index (χ2v) is 5.07. The zero-order chi connectivity index (χ0) is 11.5. The quantitative estimate of drug-likeness (QED) is 0.790. The molecular weight excluding hydrogens is 228 g/mol. The molecule has 0 unspecified atom stereocenters. The van der Waals surface area contributed by atoms with E-state index in [1.54, 1.807) is 0 Å². The summed E-state index contributed by atoms with van der Waals surface area (Å²) >= 11 is 0. The molecule has 1 rings (SSSR count). The maximum absolute atomic E-state index is 11.9. The number of pyridine rings is 1. The van der Waals surface area contributed by atoms with Gasteiger partial charge in [-0.25, -0.2) is 8.42 Å². The van der Waals surface area contributed by atoms with E-state index in [4.69, 9.17) is 0 Å². The van der Waals surface area contributed by atoms with Gasteiger partial charge in [0, 0.05) is 18.0 Å². The first kappa shape index (κ1) is 11.8. The van der Waals surface area contributed by atoms with Gasteiger partial charge >= 0.3 is 6.61 Å². The van der Waals surface area contributed by atoms with Gasteiger partial charge in [0.2, 0.25) is 0 Å². The summed E-state index contributed by atoms with van der Waals surface area (Å²) in [5, 5.41) is 0. The van der Waals surface area contributed by atoms with E-state index in [0.29, 0.717) is 0 Å². The van der Waals surface area contributed by atoms with Gasteiger partial charge in [-0.1, -0.05) is 0 Å². The Kier molecular flexibility index (Phi) is 3.57. The highest BCUT2D eigenvalue weighted by Crippen LogP contribution is 2.20. The fourth-order valence-corrected chi connectivity index (χ4v) is 1.82. The average molecular weight is 237 g/mol. The van der Waals surface area contributed by atoms with Gasteiger partial charge in [0.25, 0.3) is 0 Å². The Balaban J connectivity index is 2.96. The van der Waals surface area contributed by atoms with Crippen molar-refractivity contribution in [1.29, 1.82) is 0 Å². The van der Waals surface area contributed by atoms with Gasteiger partial charge in [0.05, 0.1) is 11.9 Å². The lowest BCUT2D eigenvalue weighted by Crippen LogP contribution is -2.08. The lowest BCUT2D eigenvalue weighted by molar-refractivity contribution is -0.0505. The molecule has 4 nitrogen and oxygen atoms in total. The van der Waals surface area contributed by atoms with Crippen molar-refractivity contribution in [2.24, 2.45) is 0 Å². The number of alkyl halides is 2. The standard InChI is InChI=1S/C8H9F2NO3S/c1-15(12,13)5-6-2-3-11-4-7(6)14-8(9)10/h2-4,8H,5H2,1H3. The highest BCUT2D eigenvalue weighted by atomic mass is 32.2. The van der Waals surface area contributed by atoms with Crippen LogP contribution < -0.4 is 4.74 Å². The Labute approximate surface area is 85.8 Å². The third-order valence-electron chi connectivity index (χ3n) is 1.50. The topological polar surface area (TPSA) is 56.3 Å². The molecule has 0 atom stereocenters. The lowest BCUT2D eigenvalue weighted by atomic mass is 10.3. The minimum Gasteiger partial charge on any atom is -0.433 e. The first-order valence-corrected chi connectivity index (χ1v) is 6.00. The second kappa shape index (κ2) is 4.52. The first-order valence-electron chi connectivity index (χ1n) is 3.94. The third kappa shape index (κ3) is 4.20. The molecule has 1 heterocycles. The molecule has 0 amide bonds. The van der Waals surface area contributed by atoms with Crippen LogP contribution in [0.15, 0.2) is 18.5 Å². The molecule has 15 heavy (non-hydrogen) atoms. The molecule has 0 spiro atoms. The van der Waals surface area contributed by atoms with Crippen LogP contribution in [0, 0.1) is 0 Å². The molecule has 0 aliphatic heterocycles. The fraction of sp³-hybridized carbons (Fsp3) is 0.375. The molecule has 1 aromatic rings. The number of ether oxygens (including phenoxy) is 1. The molecule has 0 N–H and O–H groups in total. The number of halogens is 2. The summed E-state index contributed by atoms with van der Waals surface area (Å²) in [7, 11) is -3.29. The molecule has 0 aromatic carbocycles. The van der Waals surface area contributed by atoms with Gasteiger partial charge in [0.1, 0.15) is 5.75 Å². The Morgan fingerprint density at radius 3 is 2.73 bits per heavy atom. The van der Waals surface area contributed by atoms with Gasteiger partial charge in [-0.15, -0.1) is 0 Å². The predicted octanol–water partition coefficient (Wildman–Crippen LogP) is 1.23. The first-order chi connectivity index (χ1) is 6.88. The smallest absolute Gasteiger partial charge is 0.387 e. The van der Waals surface area contributed by atoms with E-state index in [2.05, 4.69) is 9.72 Å². The number of rotatable bonds is 4. The van der Waals surface area contributed by atoms with Crippen LogP contribution in [-0.2, 0) is 15.6 Å². The highest BCUT2D eigenvalue weighted by molar-refractivity contribution is 7.89. The van der Waals surface area contributed by atoms with Crippen LogP contribution in [0.5, 0.6) is 5.75 Å². The minimum atomic E-state index is -3.29. The Bertz CT molecular complexity index is 433. The summed E-state index contributed by atoms with van der Waals surface area (Å²) < 4.78 is 49.9. The largest absolute Gasteiger partial charge is 0.433 e. The van der Waals surface area contributed by atoms with E-state index in [1.807, 2.05) is 0 Å². The van der Waals surface area contributed by atoms with Gasteiger partial charge < -0.3 is 4.74 Å². The number of hydrogen-bond acceptors (Lipinski definition) is 4. The molecule has 84 valence electrons. The van der Waals surface area contributed by atoms with Crippen LogP contribution in [0.25, 0.3) is 0 Å². The highest BCUT2D eigenvalue weighted by Gasteiger charge is 2.13. The Morgan fingerprint density at radius 1 is 1.53 bits per heavy atom. The van der Waals surface area contributed by atoms with Crippen LogP contribution in [0.1, 0.15) is 5.56 Å². The van der Waals surface area contributed by atoms with E-state index in [-0.39, 0.29) is 17.1 Å². The van der Waals surface area contributed by atoms with E-state index >= 15 is 0 Å². The fourth-order valence-electron chi connectivity index (χ4n) is 1.01.